The summed E-state index contributed by atoms with van der Waals surface area (Å²) < 4.78 is 120. The van der Waals surface area contributed by atoms with E-state index in [-0.39, 0.29) is 12.8 Å². The molecular weight excluding hydrogens is 628 g/mol. The van der Waals surface area contributed by atoms with Gasteiger partial charge in [0.15, 0.2) is 11.6 Å². The van der Waals surface area contributed by atoms with Crippen molar-refractivity contribution in [1.29, 1.82) is 0 Å². The Morgan fingerprint density at radius 1 is 0.617 bits per heavy atom. The maximum Gasteiger partial charge on any atom is 0.573 e. The van der Waals surface area contributed by atoms with Gasteiger partial charge >= 0.3 is 12.5 Å². The van der Waals surface area contributed by atoms with Crippen LogP contribution in [0.4, 0.5) is 35.1 Å². The fourth-order valence-corrected chi connectivity index (χ4v) is 8.63. The molecular formula is C37H46F8O2. The second-order valence-electron chi connectivity index (χ2n) is 14.2. The number of unbranched alkanes of at least 4 members (excludes halogenated alkanes) is 2. The van der Waals surface area contributed by atoms with Gasteiger partial charge in [-0.3, -0.25) is 0 Å². The number of rotatable bonds is 11. The number of alkyl halides is 5. The quantitative estimate of drug-likeness (QED) is 0.174. The molecule has 0 radical (unpaired) electrons. The van der Waals surface area contributed by atoms with Gasteiger partial charge in [0.25, 0.3) is 0 Å². The van der Waals surface area contributed by atoms with Crippen LogP contribution in [0, 0.1) is 53.0 Å². The average Bonchev–Trinajstić information content (AvgIpc) is 3.02. The van der Waals surface area contributed by atoms with E-state index in [2.05, 4.69) is 11.7 Å². The van der Waals surface area contributed by atoms with E-state index in [9.17, 15) is 26.3 Å². The molecule has 2 aromatic rings. The van der Waals surface area contributed by atoms with Crippen LogP contribution in [-0.4, -0.2) is 12.5 Å². The van der Waals surface area contributed by atoms with Gasteiger partial charge in [-0.2, -0.15) is 8.78 Å². The molecule has 10 heteroatoms. The molecule has 0 atom stereocenters. The van der Waals surface area contributed by atoms with Gasteiger partial charge in [0.1, 0.15) is 17.4 Å². The molecule has 3 fully saturated rings. The number of ether oxygens (including phenoxy) is 2. The highest BCUT2D eigenvalue weighted by molar-refractivity contribution is 5.66. The van der Waals surface area contributed by atoms with Crippen LogP contribution in [0.25, 0.3) is 11.1 Å². The van der Waals surface area contributed by atoms with Crippen molar-refractivity contribution in [1.82, 2.24) is 0 Å². The summed E-state index contributed by atoms with van der Waals surface area (Å²) in [4.78, 5) is 0. The molecule has 0 aliphatic heterocycles. The lowest BCUT2D eigenvalue weighted by Gasteiger charge is -2.42. The molecule has 0 unspecified atom stereocenters. The molecule has 5 rings (SSSR count). The van der Waals surface area contributed by atoms with Crippen molar-refractivity contribution in [2.45, 2.75) is 122 Å². The van der Waals surface area contributed by atoms with E-state index >= 15 is 8.78 Å². The summed E-state index contributed by atoms with van der Waals surface area (Å²) in [5.74, 6) is -3.62. The van der Waals surface area contributed by atoms with Gasteiger partial charge in [-0.25, -0.2) is 13.2 Å². The molecule has 0 saturated heterocycles. The predicted molar refractivity (Wildman–Crippen MR) is 164 cm³/mol. The van der Waals surface area contributed by atoms with Gasteiger partial charge in [0, 0.05) is 12.1 Å². The lowest BCUT2D eigenvalue weighted by Crippen LogP contribution is -2.38. The Hall–Kier alpha value is -2.52. The molecule has 3 saturated carbocycles. The molecule has 3 aliphatic rings. The third kappa shape index (κ3) is 9.34. The minimum Gasteiger partial charge on any atom is -0.432 e. The zero-order valence-corrected chi connectivity index (χ0v) is 27.0. The van der Waals surface area contributed by atoms with E-state index in [0.29, 0.717) is 48.9 Å². The Morgan fingerprint density at radius 2 is 1.13 bits per heavy atom. The normalized spacial score (nSPS) is 27.4. The Kier molecular flexibility index (Phi) is 11.7. The topological polar surface area (TPSA) is 18.5 Å². The van der Waals surface area contributed by atoms with E-state index in [1.165, 1.54) is 64.2 Å². The SMILES string of the molecule is CCCCCC1CCC(C2CCC(C3CCC(C(F)(F)Oc4cc(F)c(-c5ccc(OC(F)(F)F)c(F)c5)c(F)c4)CC3)CC2)CC1. The fourth-order valence-electron chi connectivity index (χ4n) is 8.63. The van der Waals surface area contributed by atoms with E-state index in [1.54, 1.807) is 0 Å². The van der Waals surface area contributed by atoms with Gasteiger partial charge in [-0.15, -0.1) is 13.2 Å². The first-order chi connectivity index (χ1) is 22.3. The van der Waals surface area contributed by atoms with Crippen LogP contribution >= 0.6 is 0 Å². The van der Waals surface area contributed by atoms with Crippen LogP contribution in [0.1, 0.15) is 110 Å². The van der Waals surface area contributed by atoms with Gasteiger partial charge in [-0.1, -0.05) is 51.5 Å². The summed E-state index contributed by atoms with van der Waals surface area (Å²) in [7, 11) is 0. The van der Waals surface area contributed by atoms with Gasteiger partial charge in [-0.05, 0) is 111 Å². The summed E-state index contributed by atoms with van der Waals surface area (Å²) in [5.41, 5.74) is -1.22. The van der Waals surface area contributed by atoms with Crippen molar-refractivity contribution >= 4 is 0 Å². The first-order valence-electron chi connectivity index (χ1n) is 17.4. The van der Waals surface area contributed by atoms with Crippen LogP contribution in [0.3, 0.4) is 0 Å². The van der Waals surface area contributed by atoms with Gasteiger partial charge < -0.3 is 9.47 Å². The van der Waals surface area contributed by atoms with Gasteiger partial charge in [0.2, 0.25) is 0 Å². The number of halogens is 8. The molecule has 0 spiro atoms. The third-order valence-corrected chi connectivity index (χ3v) is 11.2. The summed E-state index contributed by atoms with van der Waals surface area (Å²) in [6.45, 7) is 2.25. The lowest BCUT2D eigenvalue weighted by molar-refractivity contribution is -0.275. The molecule has 0 bridgehead atoms. The van der Waals surface area contributed by atoms with Crippen LogP contribution < -0.4 is 9.47 Å². The molecule has 0 N–H and O–H groups in total. The van der Waals surface area contributed by atoms with Crippen molar-refractivity contribution in [3.05, 3.63) is 47.8 Å². The maximum absolute atomic E-state index is 15.2. The largest absolute Gasteiger partial charge is 0.573 e. The Balaban J connectivity index is 1.10. The summed E-state index contributed by atoms with van der Waals surface area (Å²) in [5, 5.41) is 0. The average molecular weight is 675 g/mol. The number of hydrogen-bond donors (Lipinski definition) is 0. The minimum atomic E-state index is -5.16. The van der Waals surface area contributed by atoms with Gasteiger partial charge in [0.05, 0.1) is 11.5 Å². The highest BCUT2D eigenvalue weighted by Gasteiger charge is 2.45. The molecule has 3 aliphatic carbocycles. The van der Waals surface area contributed by atoms with E-state index in [1.807, 2.05) is 0 Å². The molecule has 2 aromatic carbocycles. The first-order valence-corrected chi connectivity index (χ1v) is 17.4. The lowest BCUT2D eigenvalue weighted by atomic mass is 9.65. The second kappa shape index (κ2) is 15.4. The standard InChI is InChI=1S/C37H46F8O2/c1-2-3-4-5-23-6-8-24(9-7-23)25-10-12-26(13-11-25)27-14-17-29(18-15-27)36(41,42)46-30-21-32(39)35(33(40)22-30)28-16-19-34(31(38)20-28)47-37(43,44)45/h16,19-27,29H,2-15,17-18H2,1H3. The van der Waals surface area contributed by atoms with Crippen LogP contribution in [0.15, 0.2) is 30.3 Å². The molecule has 262 valence electrons. The Morgan fingerprint density at radius 3 is 1.62 bits per heavy atom. The van der Waals surface area contributed by atoms with Crippen molar-refractivity contribution in [3.8, 4) is 22.6 Å². The van der Waals surface area contributed by atoms with Crippen LogP contribution in [-0.2, 0) is 0 Å². The Bertz CT molecular complexity index is 1280. The summed E-state index contributed by atoms with van der Waals surface area (Å²) >= 11 is 0. The highest BCUT2D eigenvalue weighted by Crippen LogP contribution is 2.48. The van der Waals surface area contributed by atoms with E-state index in [4.69, 9.17) is 4.74 Å². The van der Waals surface area contributed by atoms with E-state index in [0.717, 1.165) is 36.7 Å². The van der Waals surface area contributed by atoms with Crippen molar-refractivity contribution < 1.29 is 44.6 Å². The first kappa shape index (κ1) is 35.8. The zero-order chi connectivity index (χ0) is 33.8. The van der Waals surface area contributed by atoms with E-state index < -0.39 is 58.5 Å². The summed E-state index contributed by atoms with van der Waals surface area (Å²) in [6, 6.07) is 3.05. The maximum atomic E-state index is 15.2. The molecule has 0 heterocycles. The predicted octanol–water partition coefficient (Wildman–Crippen LogP) is 12.6. The molecule has 0 amide bonds. The Labute approximate surface area is 272 Å². The second-order valence-corrected chi connectivity index (χ2v) is 14.2. The monoisotopic (exact) mass is 674 g/mol. The smallest absolute Gasteiger partial charge is 0.432 e. The molecule has 0 aromatic heterocycles. The highest BCUT2D eigenvalue weighted by atomic mass is 19.4. The molecule has 2 nitrogen and oxygen atoms in total. The zero-order valence-electron chi connectivity index (χ0n) is 27.0. The number of hydrogen-bond acceptors (Lipinski definition) is 2. The van der Waals surface area contributed by atoms with Crippen molar-refractivity contribution in [2.24, 2.45) is 35.5 Å². The molecule has 47 heavy (non-hydrogen) atoms. The third-order valence-electron chi connectivity index (χ3n) is 11.2. The van der Waals surface area contributed by atoms with Crippen molar-refractivity contribution in [3.63, 3.8) is 0 Å². The minimum absolute atomic E-state index is 0.258. The van der Waals surface area contributed by atoms with Crippen LogP contribution in [0.5, 0.6) is 11.5 Å². The van der Waals surface area contributed by atoms with Crippen molar-refractivity contribution in [2.75, 3.05) is 0 Å². The fraction of sp³-hybridized carbons (Fsp3) is 0.676. The number of benzene rings is 2. The van der Waals surface area contributed by atoms with Crippen LogP contribution in [0.2, 0.25) is 0 Å². The summed E-state index contributed by atoms with van der Waals surface area (Å²) in [6.07, 6.45) is 8.65.